The van der Waals surface area contributed by atoms with E-state index in [1.807, 2.05) is 30.4 Å². The van der Waals surface area contributed by atoms with E-state index in [-0.39, 0.29) is 0 Å². The lowest BCUT2D eigenvalue weighted by Gasteiger charge is -2.04. The van der Waals surface area contributed by atoms with Crippen molar-refractivity contribution < 1.29 is 4.74 Å². The smallest absolute Gasteiger partial charge is 0.118 e. The number of rotatable bonds is 14. The van der Waals surface area contributed by atoms with Crippen LogP contribution < -0.4 is 4.74 Å². The van der Waals surface area contributed by atoms with Gasteiger partial charge in [-0.1, -0.05) is 139 Å². The molecule has 0 amide bonds. The van der Waals surface area contributed by atoms with Gasteiger partial charge in [0.25, 0.3) is 0 Å². The molecule has 3 rings (SSSR count). The van der Waals surface area contributed by atoms with Gasteiger partial charge >= 0.3 is 0 Å². The van der Waals surface area contributed by atoms with Crippen LogP contribution in [0, 0.1) is 0 Å². The number of ether oxygens (including phenoxy) is 1. The summed E-state index contributed by atoms with van der Waals surface area (Å²) in [5.41, 5.74) is 7.00. The maximum absolute atomic E-state index is 5.35. The summed E-state index contributed by atoms with van der Waals surface area (Å²) in [5.74, 6) is 0.846. The van der Waals surface area contributed by atoms with Crippen molar-refractivity contribution in [3.05, 3.63) is 180 Å². The van der Waals surface area contributed by atoms with Gasteiger partial charge in [0, 0.05) is 9.79 Å². The number of thioether (sulfide) groups is 2. The van der Waals surface area contributed by atoms with Crippen molar-refractivity contribution in [1.82, 2.24) is 0 Å². The molecule has 0 N–H and O–H groups in total. The molecule has 0 saturated heterocycles. The van der Waals surface area contributed by atoms with E-state index < -0.39 is 0 Å². The third-order valence-corrected chi connectivity index (χ3v) is 8.04. The molecule has 44 heavy (non-hydrogen) atoms. The zero-order valence-corrected chi connectivity index (χ0v) is 27.9. The van der Waals surface area contributed by atoms with E-state index in [1.165, 1.54) is 32.1 Å². The predicted octanol–water partition coefficient (Wildman–Crippen LogP) is 12.1. The molecule has 0 aliphatic carbocycles. The van der Waals surface area contributed by atoms with E-state index in [4.69, 9.17) is 4.74 Å². The van der Waals surface area contributed by atoms with Crippen LogP contribution in [0.2, 0.25) is 0 Å². The molecule has 0 fully saturated rings. The van der Waals surface area contributed by atoms with Crippen molar-refractivity contribution in [3.8, 4) is 5.75 Å². The Hall–Kier alpha value is -4.18. The Balaban J connectivity index is 1.63. The molecule has 3 aromatic carbocycles. The molecule has 0 heterocycles. The molecule has 0 unspecified atom stereocenters. The topological polar surface area (TPSA) is 9.23 Å². The molecule has 0 aliphatic rings. The molecule has 0 bridgehead atoms. The molecule has 3 heteroatoms. The summed E-state index contributed by atoms with van der Waals surface area (Å²) in [5, 5.41) is 0. The Morgan fingerprint density at radius 1 is 0.523 bits per heavy atom. The first kappa shape index (κ1) is 34.3. The minimum atomic E-state index is 0.846. The summed E-state index contributed by atoms with van der Waals surface area (Å²) < 4.78 is 5.35. The van der Waals surface area contributed by atoms with Gasteiger partial charge in [0.2, 0.25) is 0 Å². The number of hydrogen-bond donors (Lipinski definition) is 0. The van der Waals surface area contributed by atoms with Crippen LogP contribution in [0.25, 0.3) is 17.7 Å². The summed E-state index contributed by atoms with van der Waals surface area (Å²) in [4.78, 5) is 2.55. The van der Waals surface area contributed by atoms with Crippen LogP contribution in [-0.4, -0.2) is 19.6 Å². The summed E-state index contributed by atoms with van der Waals surface area (Å²) in [6.07, 6.45) is 35.7. The van der Waals surface area contributed by atoms with Crippen LogP contribution in [-0.2, 0) is 0 Å². The van der Waals surface area contributed by atoms with Gasteiger partial charge in [0.15, 0.2) is 0 Å². The summed E-state index contributed by atoms with van der Waals surface area (Å²) in [7, 11) is 1.69. The Kier molecular flexibility index (Phi) is 15.5. The van der Waals surface area contributed by atoms with Gasteiger partial charge < -0.3 is 4.74 Å². The molecular weight excluding hydrogens is 573 g/mol. The Morgan fingerprint density at radius 3 is 1.55 bits per heavy atom. The van der Waals surface area contributed by atoms with Gasteiger partial charge in [0.05, 0.1) is 7.11 Å². The van der Waals surface area contributed by atoms with Crippen molar-refractivity contribution >= 4 is 41.2 Å². The van der Waals surface area contributed by atoms with Gasteiger partial charge in [-0.3, -0.25) is 0 Å². The second-order valence-corrected chi connectivity index (χ2v) is 11.7. The predicted molar refractivity (Wildman–Crippen MR) is 200 cm³/mol. The quantitative estimate of drug-likeness (QED) is 0.132. The second kappa shape index (κ2) is 19.9. The normalized spacial score (nSPS) is 13.6. The fourth-order valence-corrected chi connectivity index (χ4v) is 4.79. The maximum Gasteiger partial charge on any atom is 0.118 e. The third kappa shape index (κ3) is 13.0. The highest BCUT2D eigenvalue weighted by Crippen LogP contribution is 2.21. The molecule has 224 valence electrons. The molecule has 0 aliphatic heterocycles. The van der Waals surface area contributed by atoms with Crippen molar-refractivity contribution in [2.45, 2.75) is 23.6 Å². The molecule has 0 aromatic heterocycles. The first-order chi connectivity index (χ1) is 21.5. The van der Waals surface area contributed by atoms with Crippen LogP contribution in [0.3, 0.4) is 0 Å². The lowest BCUT2D eigenvalue weighted by molar-refractivity contribution is 0.415. The van der Waals surface area contributed by atoms with E-state index in [2.05, 4.69) is 160 Å². The zero-order valence-electron chi connectivity index (χ0n) is 26.3. The van der Waals surface area contributed by atoms with Crippen LogP contribution in [0.15, 0.2) is 173 Å². The largest absolute Gasteiger partial charge is 0.497 e. The number of benzene rings is 3. The lowest BCUT2D eigenvalue weighted by atomic mass is 10.0. The van der Waals surface area contributed by atoms with E-state index >= 15 is 0 Å². The van der Waals surface area contributed by atoms with Crippen LogP contribution in [0.4, 0.5) is 0 Å². The van der Waals surface area contributed by atoms with Crippen LogP contribution in [0.1, 0.15) is 30.5 Å². The molecule has 0 spiro atoms. The SMILES string of the molecule is COc1ccc(C(=C\C=C\C=C\C=C\C(C)=C\C=C\c2ccc(SC)cc2)/C=C/C(C)=C/C=C/c2ccc(SC)cc2)cc1. The van der Waals surface area contributed by atoms with Crippen molar-refractivity contribution in [1.29, 1.82) is 0 Å². The Bertz CT molecular complexity index is 1570. The summed E-state index contributed by atoms with van der Waals surface area (Å²) in [6.45, 7) is 4.22. The van der Waals surface area contributed by atoms with E-state index in [9.17, 15) is 0 Å². The first-order valence-electron chi connectivity index (χ1n) is 14.5. The molecular formula is C41H42OS2. The average molecular weight is 615 g/mol. The number of hydrogen-bond acceptors (Lipinski definition) is 3. The van der Waals surface area contributed by atoms with E-state index in [0.29, 0.717) is 0 Å². The zero-order chi connectivity index (χ0) is 31.4. The van der Waals surface area contributed by atoms with Crippen molar-refractivity contribution in [2.75, 3.05) is 19.6 Å². The van der Waals surface area contributed by atoms with Crippen LogP contribution in [0.5, 0.6) is 5.75 Å². The monoisotopic (exact) mass is 614 g/mol. The Labute approximate surface area is 273 Å². The molecule has 1 nitrogen and oxygen atoms in total. The molecule has 0 saturated carbocycles. The van der Waals surface area contributed by atoms with E-state index in [1.54, 1.807) is 30.6 Å². The van der Waals surface area contributed by atoms with E-state index in [0.717, 1.165) is 16.9 Å². The van der Waals surface area contributed by atoms with Gasteiger partial charge in [-0.25, -0.2) is 0 Å². The van der Waals surface area contributed by atoms with Gasteiger partial charge in [-0.15, -0.1) is 23.5 Å². The molecule has 0 radical (unpaired) electrons. The fraction of sp³-hybridized carbons (Fsp3) is 0.122. The minimum Gasteiger partial charge on any atom is -0.497 e. The highest BCUT2D eigenvalue weighted by molar-refractivity contribution is 7.98. The highest BCUT2D eigenvalue weighted by atomic mass is 32.2. The maximum atomic E-state index is 5.35. The van der Waals surface area contributed by atoms with Crippen molar-refractivity contribution in [3.63, 3.8) is 0 Å². The third-order valence-electron chi connectivity index (χ3n) is 6.56. The second-order valence-electron chi connectivity index (χ2n) is 9.90. The number of allylic oxidation sites excluding steroid dienone is 16. The van der Waals surface area contributed by atoms with Gasteiger partial charge in [-0.05, 0) is 85.0 Å². The molecule has 3 aromatic rings. The summed E-state index contributed by atoms with van der Waals surface area (Å²) in [6, 6.07) is 25.3. The highest BCUT2D eigenvalue weighted by Gasteiger charge is 1.98. The lowest BCUT2D eigenvalue weighted by Crippen LogP contribution is -1.85. The number of methoxy groups -OCH3 is 1. The first-order valence-corrected chi connectivity index (χ1v) is 17.0. The standard InChI is InChI=1S/C41H42OS2/c1-33(14-11-16-35-20-29-40(43-4)30-21-35)13-9-7-6-8-10-18-37(38-25-27-39(42-3)28-26-38)24-19-34(2)15-12-17-36-22-31-41(44-5)32-23-36/h6-32H,1-5H3/b7-6+,10-8+,13-9+,16-11+,17-12+,24-19+,33-14+,34-15+,37-18-. The average Bonchev–Trinajstić information content (AvgIpc) is 3.06. The Morgan fingerprint density at radius 2 is 1.02 bits per heavy atom. The minimum absolute atomic E-state index is 0.846. The van der Waals surface area contributed by atoms with Crippen LogP contribution >= 0.6 is 23.5 Å². The fourth-order valence-electron chi connectivity index (χ4n) is 3.97. The summed E-state index contributed by atoms with van der Waals surface area (Å²) >= 11 is 3.51. The van der Waals surface area contributed by atoms with Crippen molar-refractivity contribution in [2.24, 2.45) is 0 Å². The van der Waals surface area contributed by atoms with Gasteiger partial charge in [-0.2, -0.15) is 0 Å². The molecule has 0 atom stereocenters. The van der Waals surface area contributed by atoms with Gasteiger partial charge in [0.1, 0.15) is 5.75 Å².